The van der Waals surface area contributed by atoms with Gasteiger partial charge in [0.1, 0.15) is 5.82 Å². The van der Waals surface area contributed by atoms with Crippen molar-refractivity contribution in [2.24, 2.45) is 0 Å². The Bertz CT molecular complexity index is 1060. The second-order valence-electron chi connectivity index (χ2n) is 6.18. The van der Waals surface area contributed by atoms with Crippen molar-refractivity contribution in [1.82, 2.24) is 9.29 Å². The maximum atomic E-state index is 13.1. The molecule has 0 amide bonds. The molecule has 0 radical (unpaired) electrons. The number of thiazole rings is 1. The predicted octanol–water partition coefficient (Wildman–Crippen LogP) is 3.67. The monoisotopic (exact) mass is 423 g/mol. The normalized spacial score (nSPS) is 16.1. The van der Waals surface area contributed by atoms with Crippen LogP contribution in [0.5, 0.6) is 0 Å². The van der Waals surface area contributed by atoms with Crippen LogP contribution in [-0.2, 0) is 10.0 Å². The molecule has 1 saturated heterocycles. The Morgan fingerprint density at radius 1 is 1.07 bits per heavy atom. The van der Waals surface area contributed by atoms with Crippen molar-refractivity contribution in [1.29, 1.82) is 0 Å². The number of hydrogen-bond donors (Lipinski definition) is 0. The standard InChI is InChI=1S/C18H18FN3O2S3/c1-25-14-4-7-16-17(12-14)26-18(20-16)21-8-10-22(11-9-21)27(23,24)15-5-2-13(19)3-6-15/h2-7,12H,8-11H2,1H3. The molecule has 0 saturated carbocycles. The van der Waals surface area contributed by atoms with Crippen molar-refractivity contribution in [3.8, 4) is 0 Å². The van der Waals surface area contributed by atoms with E-state index in [9.17, 15) is 12.8 Å². The molecule has 0 bridgehead atoms. The van der Waals surface area contributed by atoms with Crippen LogP contribution in [-0.4, -0.2) is 50.1 Å². The molecule has 3 aromatic rings. The number of thioether (sulfide) groups is 1. The number of piperazine rings is 1. The topological polar surface area (TPSA) is 53.5 Å². The maximum Gasteiger partial charge on any atom is 0.243 e. The zero-order valence-electron chi connectivity index (χ0n) is 14.6. The van der Waals surface area contributed by atoms with Crippen molar-refractivity contribution in [2.45, 2.75) is 9.79 Å². The molecule has 4 rings (SSSR count). The number of anilines is 1. The fraction of sp³-hybridized carbons (Fsp3) is 0.278. The number of halogens is 1. The van der Waals surface area contributed by atoms with E-state index in [-0.39, 0.29) is 4.90 Å². The van der Waals surface area contributed by atoms with E-state index in [1.54, 1.807) is 23.1 Å². The summed E-state index contributed by atoms with van der Waals surface area (Å²) in [6.45, 7) is 1.92. The molecule has 0 spiro atoms. The Hall–Kier alpha value is -1.68. The van der Waals surface area contributed by atoms with Crippen LogP contribution in [0.1, 0.15) is 0 Å². The highest BCUT2D eigenvalue weighted by Crippen LogP contribution is 2.32. The van der Waals surface area contributed by atoms with E-state index in [4.69, 9.17) is 4.98 Å². The van der Waals surface area contributed by atoms with Crippen molar-refractivity contribution < 1.29 is 12.8 Å². The van der Waals surface area contributed by atoms with Crippen LogP contribution in [0.4, 0.5) is 9.52 Å². The molecule has 2 aromatic carbocycles. The average molecular weight is 424 g/mol. The summed E-state index contributed by atoms with van der Waals surface area (Å²) >= 11 is 3.33. The summed E-state index contributed by atoms with van der Waals surface area (Å²) in [4.78, 5) is 8.15. The van der Waals surface area contributed by atoms with Crippen molar-refractivity contribution >= 4 is 48.5 Å². The largest absolute Gasteiger partial charge is 0.345 e. The first-order valence-electron chi connectivity index (χ1n) is 8.42. The van der Waals surface area contributed by atoms with Crippen LogP contribution in [0.25, 0.3) is 10.2 Å². The Balaban J connectivity index is 1.49. The fourth-order valence-corrected chi connectivity index (χ4v) is 6.02. The third kappa shape index (κ3) is 3.69. The highest BCUT2D eigenvalue weighted by Gasteiger charge is 2.29. The number of hydrogen-bond acceptors (Lipinski definition) is 6. The Morgan fingerprint density at radius 3 is 2.44 bits per heavy atom. The van der Waals surface area contributed by atoms with Crippen LogP contribution in [0.15, 0.2) is 52.3 Å². The van der Waals surface area contributed by atoms with Gasteiger partial charge in [0.15, 0.2) is 5.13 Å². The SMILES string of the molecule is CSc1ccc2nc(N3CCN(S(=O)(=O)c4ccc(F)cc4)CC3)sc2c1. The lowest BCUT2D eigenvalue weighted by Crippen LogP contribution is -2.48. The molecule has 142 valence electrons. The second-order valence-corrected chi connectivity index (χ2v) is 10.0. The smallest absolute Gasteiger partial charge is 0.243 e. The minimum absolute atomic E-state index is 0.127. The van der Waals surface area contributed by atoms with Crippen molar-refractivity contribution in [2.75, 3.05) is 37.3 Å². The van der Waals surface area contributed by atoms with Crippen molar-refractivity contribution in [3.63, 3.8) is 0 Å². The van der Waals surface area contributed by atoms with Gasteiger partial charge in [0.25, 0.3) is 0 Å². The maximum absolute atomic E-state index is 13.1. The van der Waals surface area contributed by atoms with Gasteiger partial charge >= 0.3 is 0 Å². The van der Waals surface area contributed by atoms with Gasteiger partial charge in [-0.1, -0.05) is 11.3 Å². The Kier molecular flexibility index (Phi) is 5.11. The van der Waals surface area contributed by atoms with Crippen LogP contribution in [0.3, 0.4) is 0 Å². The van der Waals surface area contributed by atoms with E-state index in [2.05, 4.69) is 17.0 Å². The number of benzene rings is 2. The summed E-state index contributed by atoms with van der Waals surface area (Å²) in [6, 6.07) is 11.2. The molecule has 1 fully saturated rings. The van der Waals surface area contributed by atoms with E-state index in [0.717, 1.165) is 15.3 Å². The highest BCUT2D eigenvalue weighted by atomic mass is 32.2. The minimum atomic E-state index is -3.60. The van der Waals surface area contributed by atoms with Gasteiger partial charge in [-0.05, 0) is 48.7 Å². The number of nitrogens with zero attached hydrogens (tertiary/aromatic N) is 3. The number of rotatable bonds is 4. The van der Waals surface area contributed by atoms with E-state index in [0.29, 0.717) is 26.2 Å². The van der Waals surface area contributed by atoms with Crippen LogP contribution in [0.2, 0.25) is 0 Å². The lowest BCUT2D eigenvalue weighted by Gasteiger charge is -2.33. The van der Waals surface area contributed by atoms with Crippen LogP contribution in [0, 0.1) is 5.82 Å². The number of fused-ring (bicyclic) bond motifs is 1. The first kappa shape index (κ1) is 18.7. The summed E-state index contributed by atoms with van der Waals surface area (Å²) in [5, 5.41) is 0.919. The summed E-state index contributed by atoms with van der Waals surface area (Å²) in [7, 11) is -3.60. The molecule has 27 heavy (non-hydrogen) atoms. The summed E-state index contributed by atoms with van der Waals surface area (Å²) in [5.74, 6) is -0.445. The van der Waals surface area contributed by atoms with Gasteiger partial charge in [0.2, 0.25) is 10.0 Å². The minimum Gasteiger partial charge on any atom is -0.345 e. The molecule has 0 aliphatic carbocycles. The molecule has 0 unspecified atom stereocenters. The fourth-order valence-electron chi connectivity index (χ4n) is 3.03. The molecule has 0 atom stereocenters. The zero-order valence-corrected chi connectivity index (χ0v) is 17.1. The van der Waals surface area contributed by atoms with Crippen LogP contribution < -0.4 is 4.90 Å². The Labute approximate surface area is 165 Å². The van der Waals surface area contributed by atoms with Gasteiger partial charge < -0.3 is 4.90 Å². The third-order valence-electron chi connectivity index (χ3n) is 4.54. The number of sulfonamides is 1. The van der Waals surface area contributed by atoms with Crippen molar-refractivity contribution in [3.05, 3.63) is 48.3 Å². The molecule has 1 aliphatic rings. The molecular formula is C18H18FN3O2S3. The van der Waals surface area contributed by atoms with Gasteiger partial charge in [0, 0.05) is 31.1 Å². The third-order valence-corrected chi connectivity index (χ3v) is 8.26. The quantitative estimate of drug-likeness (QED) is 0.600. The van der Waals surface area contributed by atoms with E-state index in [1.165, 1.54) is 33.5 Å². The molecule has 1 aliphatic heterocycles. The van der Waals surface area contributed by atoms with E-state index in [1.807, 2.05) is 12.3 Å². The predicted molar refractivity (Wildman–Crippen MR) is 109 cm³/mol. The lowest BCUT2D eigenvalue weighted by molar-refractivity contribution is 0.385. The zero-order chi connectivity index (χ0) is 19.0. The van der Waals surface area contributed by atoms with Gasteiger partial charge in [-0.3, -0.25) is 0 Å². The molecule has 2 heterocycles. The van der Waals surface area contributed by atoms with E-state index >= 15 is 0 Å². The lowest BCUT2D eigenvalue weighted by atomic mass is 10.3. The van der Waals surface area contributed by atoms with Gasteiger partial charge in [0.05, 0.1) is 15.1 Å². The molecule has 5 nitrogen and oxygen atoms in total. The molecular weight excluding hydrogens is 405 g/mol. The van der Waals surface area contributed by atoms with Gasteiger partial charge in [-0.2, -0.15) is 4.31 Å². The summed E-state index contributed by atoms with van der Waals surface area (Å²) in [6.07, 6.45) is 2.05. The first-order chi connectivity index (χ1) is 13.0. The molecule has 1 aromatic heterocycles. The highest BCUT2D eigenvalue weighted by molar-refractivity contribution is 7.98. The Morgan fingerprint density at radius 2 is 1.78 bits per heavy atom. The number of aromatic nitrogens is 1. The summed E-state index contributed by atoms with van der Waals surface area (Å²) in [5.41, 5.74) is 0.967. The van der Waals surface area contributed by atoms with E-state index < -0.39 is 15.8 Å². The average Bonchev–Trinajstić information content (AvgIpc) is 3.11. The van der Waals surface area contributed by atoms with Gasteiger partial charge in [-0.15, -0.1) is 11.8 Å². The second kappa shape index (κ2) is 7.38. The van der Waals surface area contributed by atoms with Crippen LogP contribution >= 0.6 is 23.1 Å². The van der Waals surface area contributed by atoms with Gasteiger partial charge in [-0.25, -0.2) is 17.8 Å². The molecule has 0 N–H and O–H groups in total. The summed E-state index contributed by atoms with van der Waals surface area (Å²) < 4.78 is 41.1. The first-order valence-corrected chi connectivity index (χ1v) is 11.9. The molecule has 9 heteroatoms.